The van der Waals surface area contributed by atoms with Crippen LogP contribution in [0.3, 0.4) is 0 Å². The van der Waals surface area contributed by atoms with Crippen LogP contribution in [0.2, 0.25) is 5.02 Å². The van der Waals surface area contributed by atoms with Crippen LogP contribution in [-0.2, 0) is 6.54 Å². The Morgan fingerprint density at radius 3 is 2.55 bits per heavy atom. The van der Waals surface area contributed by atoms with Gasteiger partial charge in [-0.25, -0.2) is 9.37 Å². The van der Waals surface area contributed by atoms with Gasteiger partial charge >= 0.3 is 0 Å². The van der Waals surface area contributed by atoms with Gasteiger partial charge in [0.2, 0.25) is 5.89 Å². The number of hydrogen-bond donors (Lipinski definition) is 1. The lowest BCUT2D eigenvalue weighted by Crippen LogP contribution is -2.48. The van der Waals surface area contributed by atoms with Crippen molar-refractivity contribution < 1.29 is 23.2 Å². The van der Waals surface area contributed by atoms with E-state index >= 15 is 0 Å². The molecular formula is C30H28ClFN4O4. The third-order valence-corrected chi connectivity index (χ3v) is 7.24. The first-order chi connectivity index (χ1) is 19.5. The number of rotatable bonds is 9. The van der Waals surface area contributed by atoms with Crippen LogP contribution < -0.4 is 4.74 Å². The first-order valence-corrected chi connectivity index (χ1v) is 13.5. The van der Waals surface area contributed by atoms with E-state index in [4.69, 9.17) is 25.3 Å². The fraction of sp³-hybridized carbons (Fsp3) is 0.267. The molecule has 3 heterocycles. The monoisotopic (exact) mass is 562 g/mol. The Bertz CT molecular complexity index is 1580. The first kappa shape index (κ1) is 26.5. The number of aliphatic hydroxyl groups excluding tert-OH is 1. The fourth-order valence-electron chi connectivity index (χ4n) is 4.79. The van der Waals surface area contributed by atoms with Gasteiger partial charge in [-0.15, -0.1) is 0 Å². The zero-order chi connectivity index (χ0) is 27.5. The Kier molecular flexibility index (Phi) is 7.79. The minimum atomic E-state index is -0.637. The maximum atomic E-state index is 13.2. The first-order valence-electron chi connectivity index (χ1n) is 13.1. The summed E-state index contributed by atoms with van der Waals surface area (Å²) >= 11 is 6.28. The minimum Gasteiger partial charge on any atom is -0.491 e. The molecule has 0 spiro atoms. The van der Waals surface area contributed by atoms with Crippen LogP contribution in [0.1, 0.15) is 5.76 Å². The molecule has 6 rings (SSSR count). The lowest BCUT2D eigenvalue weighted by atomic mass is 10.1. The second kappa shape index (κ2) is 11.8. The largest absolute Gasteiger partial charge is 0.491 e. The van der Waals surface area contributed by atoms with Gasteiger partial charge in [-0.3, -0.25) is 9.80 Å². The van der Waals surface area contributed by atoms with Crippen LogP contribution >= 0.6 is 11.6 Å². The second-order valence-corrected chi connectivity index (χ2v) is 10.3. The molecule has 8 nitrogen and oxygen atoms in total. The number of aromatic nitrogens is 2. The summed E-state index contributed by atoms with van der Waals surface area (Å²) in [5.74, 6) is 1.49. The Balaban J connectivity index is 0.963. The highest BCUT2D eigenvalue weighted by Crippen LogP contribution is 2.28. The number of piperazine rings is 1. The standard InChI is InChI=1S/C30H28ClFN4O4/c31-26-4-2-1-3-25(26)27-16-24(40-34-27)18-36-13-11-35(12-14-36)17-22(37)19-38-23-9-10-29-28(15-23)33-30(39-29)20-5-7-21(32)8-6-20/h1-10,15-16,22,37H,11-14,17-19H2. The summed E-state index contributed by atoms with van der Waals surface area (Å²) in [5, 5.41) is 15.4. The van der Waals surface area contributed by atoms with Crippen molar-refractivity contribution in [2.45, 2.75) is 12.6 Å². The molecule has 0 aliphatic carbocycles. The molecule has 0 amide bonds. The van der Waals surface area contributed by atoms with E-state index < -0.39 is 6.10 Å². The van der Waals surface area contributed by atoms with Gasteiger partial charge in [0.1, 0.15) is 35.5 Å². The van der Waals surface area contributed by atoms with Crippen molar-refractivity contribution in [1.29, 1.82) is 0 Å². The smallest absolute Gasteiger partial charge is 0.227 e. The highest BCUT2D eigenvalue weighted by atomic mass is 35.5. The topological polar surface area (TPSA) is 88.0 Å². The molecule has 0 radical (unpaired) electrons. The summed E-state index contributed by atoms with van der Waals surface area (Å²) in [6.45, 7) is 4.73. The number of hydrogen-bond acceptors (Lipinski definition) is 8. The highest BCUT2D eigenvalue weighted by Gasteiger charge is 2.21. The molecule has 40 heavy (non-hydrogen) atoms. The van der Waals surface area contributed by atoms with Gasteiger partial charge in [0.25, 0.3) is 0 Å². The number of aliphatic hydroxyl groups is 1. The van der Waals surface area contributed by atoms with Crippen LogP contribution in [0.15, 0.2) is 81.7 Å². The van der Waals surface area contributed by atoms with Gasteiger partial charge in [-0.1, -0.05) is 35.0 Å². The second-order valence-electron chi connectivity index (χ2n) is 9.86. The zero-order valence-electron chi connectivity index (χ0n) is 21.7. The van der Waals surface area contributed by atoms with Crippen molar-refractivity contribution in [3.05, 3.63) is 89.4 Å². The number of oxazole rings is 1. The Hall–Kier alpha value is -3.76. The van der Waals surface area contributed by atoms with Crippen molar-refractivity contribution in [3.63, 3.8) is 0 Å². The van der Waals surface area contributed by atoms with Crippen molar-refractivity contribution >= 4 is 22.7 Å². The summed E-state index contributed by atoms with van der Waals surface area (Å²) in [5.41, 5.74) is 3.52. The molecule has 206 valence electrons. The van der Waals surface area contributed by atoms with E-state index in [2.05, 4.69) is 19.9 Å². The summed E-state index contributed by atoms with van der Waals surface area (Å²) < 4.78 is 30.4. The summed E-state index contributed by atoms with van der Waals surface area (Å²) in [6.07, 6.45) is -0.637. The molecule has 5 aromatic rings. The number of fused-ring (bicyclic) bond motifs is 1. The lowest BCUT2D eigenvalue weighted by Gasteiger charge is -2.35. The molecule has 1 unspecified atom stereocenters. The molecule has 1 saturated heterocycles. The predicted octanol–water partition coefficient (Wildman–Crippen LogP) is 5.50. The average molecular weight is 563 g/mol. The van der Waals surface area contributed by atoms with Crippen molar-refractivity contribution in [1.82, 2.24) is 19.9 Å². The third kappa shape index (κ3) is 6.18. The molecule has 1 atom stereocenters. The van der Waals surface area contributed by atoms with E-state index in [1.807, 2.05) is 30.3 Å². The van der Waals surface area contributed by atoms with Gasteiger partial charge in [0.05, 0.1) is 11.6 Å². The summed E-state index contributed by atoms with van der Waals surface area (Å²) in [7, 11) is 0. The van der Waals surface area contributed by atoms with Gasteiger partial charge < -0.3 is 18.8 Å². The maximum Gasteiger partial charge on any atom is 0.227 e. The molecule has 1 aliphatic rings. The highest BCUT2D eigenvalue weighted by molar-refractivity contribution is 6.33. The van der Waals surface area contributed by atoms with E-state index in [-0.39, 0.29) is 12.4 Å². The van der Waals surface area contributed by atoms with E-state index in [0.29, 0.717) is 46.4 Å². The van der Waals surface area contributed by atoms with E-state index in [1.54, 1.807) is 30.3 Å². The molecule has 1 N–H and O–H groups in total. The lowest BCUT2D eigenvalue weighted by molar-refractivity contribution is 0.0430. The molecule has 3 aromatic carbocycles. The molecule has 2 aromatic heterocycles. The maximum absolute atomic E-state index is 13.2. The number of halogens is 2. The molecule has 10 heteroatoms. The van der Waals surface area contributed by atoms with Crippen LogP contribution in [-0.4, -0.2) is 70.5 Å². The number of ether oxygens (including phenoxy) is 1. The Morgan fingerprint density at radius 1 is 0.975 bits per heavy atom. The van der Waals surface area contributed by atoms with Gasteiger partial charge in [0.15, 0.2) is 11.3 Å². The molecule has 1 aliphatic heterocycles. The average Bonchev–Trinajstić information content (AvgIpc) is 3.60. The quantitative estimate of drug-likeness (QED) is 0.252. The summed E-state index contributed by atoms with van der Waals surface area (Å²) in [4.78, 5) is 9.03. The fourth-order valence-corrected chi connectivity index (χ4v) is 5.02. The Morgan fingerprint density at radius 2 is 1.75 bits per heavy atom. The van der Waals surface area contributed by atoms with E-state index in [0.717, 1.165) is 43.2 Å². The van der Waals surface area contributed by atoms with E-state index in [1.165, 1.54) is 12.1 Å². The summed E-state index contributed by atoms with van der Waals surface area (Å²) in [6, 6.07) is 20.9. The SMILES string of the molecule is OC(COc1ccc2oc(-c3ccc(F)cc3)nc2c1)CN1CCN(Cc2cc(-c3ccccc3Cl)no2)CC1. The molecule has 0 bridgehead atoms. The normalized spacial score (nSPS) is 15.5. The third-order valence-electron chi connectivity index (χ3n) is 6.91. The molecular weight excluding hydrogens is 535 g/mol. The van der Waals surface area contributed by atoms with Crippen LogP contribution in [0.5, 0.6) is 5.75 Å². The number of β-amino-alcohol motifs (C(OH)–C–C–N with tert-alkyl or cyclic N) is 1. The van der Waals surface area contributed by atoms with Gasteiger partial charge in [-0.2, -0.15) is 0 Å². The van der Waals surface area contributed by atoms with Crippen molar-refractivity contribution in [3.8, 4) is 28.5 Å². The van der Waals surface area contributed by atoms with E-state index in [9.17, 15) is 9.50 Å². The molecule has 0 saturated carbocycles. The van der Waals surface area contributed by atoms with Crippen molar-refractivity contribution in [2.75, 3.05) is 39.3 Å². The van der Waals surface area contributed by atoms with Crippen LogP contribution in [0.25, 0.3) is 33.8 Å². The number of benzene rings is 3. The molecule has 1 fully saturated rings. The van der Waals surface area contributed by atoms with Gasteiger partial charge in [0, 0.05) is 56.0 Å². The Labute approximate surface area is 235 Å². The number of nitrogens with zero attached hydrogens (tertiary/aromatic N) is 4. The predicted molar refractivity (Wildman–Crippen MR) is 150 cm³/mol. The minimum absolute atomic E-state index is 0.164. The zero-order valence-corrected chi connectivity index (χ0v) is 22.4. The van der Waals surface area contributed by atoms with Crippen molar-refractivity contribution in [2.24, 2.45) is 0 Å². The van der Waals surface area contributed by atoms with Gasteiger partial charge in [-0.05, 0) is 42.5 Å². The van der Waals surface area contributed by atoms with Crippen LogP contribution in [0, 0.1) is 5.82 Å². The van der Waals surface area contributed by atoms with Crippen LogP contribution in [0.4, 0.5) is 4.39 Å².